The summed E-state index contributed by atoms with van der Waals surface area (Å²) in [6.07, 6.45) is -0.568. The van der Waals surface area contributed by atoms with Crippen molar-refractivity contribution in [3.05, 3.63) is 66.2 Å². The van der Waals surface area contributed by atoms with E-state index < -0.39 is 6.10 Å². The molecule has 5 heteroatoms. The highest BCUT2D eigenvalue weighted by atomic mass is 16.6. The zero-order valence-electron chi connectivity index (χ0n) is 13.4. The average molecular weight is 327 g/mol. The second kappa shape index (κ2) is 8.47. The summed E-state index contributed by atoms with van der Waals surface area (Å²) in [4.78, 5) is 12.4. The zero-order chi connectivity index (χ0) is 16.6. The van der Waals surface area contributed by atoms with Gasteiger partial charge in [0.2, 0.25) is 0 Å². The Morgan fingerprint density at radius 3 is 2.46 bits per heavy atom. The number of hydrogen-bond acceptors (Lipinski definition) is 4. The third kappa shape index (κ3) is 4.57. The maximum absolute atomic E-state index is 12.4. The van der Waals surface area contributed by atoms with E-state index in [9.17, 15) is 4.79 Å². The second-order valence-corrected chi connectivity index (χ2v) is 5.53. The number of ether oxygens (including phenoxy) is 3. The van der Waals surface area contributed by atoms with E-state index in [1.165, 1.54) is 0 Å². The summed E-state index contributed by atoms with van der Waals surface area (Å²) in [5, 5.41) is 3.00. The highest BCUT2D eigenvalue weighted by Gasteiger charge is 2.25. The second-order valence-electron chi connectivity index (χ2n) is 5.53. The summed E-state index contributed by atoms with van der Waals surface area (Å²) in [6.45, 7) is 1.60. The molecule has 2 aromatic rings. The van der Waals surface area contributed by atoms with E-state index in [0.717, 1.165) is 11.3 Å². The summed E-state index contributed by atoms with van der Waals surface area (Å²) >= 11 is 0. The summed E-state index contributed by atoms with van der Waals surface area (Å²) < 4.78 is 16.6. The molecule has 1 aliphatic rings. The number of carbonyl (C=O) groups is 1. The molecule has 24 heavy (non-hydrogen) atoms. The van der Waals surface area contributed by atoms with Gasteiger partial charge in [-0.3, -0.25) is 4.79 Å². The molecule has 0 bridgehead atoms. The fraction of sp³-hybridized carbons (Fsp3) is 0.316. The Bertz CT molecular complexity index is 626. The molecule has 2 atom stereocenters. The van der Waals surface area contributed by atoms with Crippen molar-refractivity contribution < 1.29 is 19.0 Å². The van der Waals surface area contributed by atoms with Crippen molar-refractivity contribution in [2.45, 2.75) is 12.1 Å². The van der Waals surface area contributed by atoms with Crippen LogP contribution in [0.15, 0.2) is 60.7 Å². The minimum absolute atomic E-state index is 0.180. The number of para-hydroxylation sites is 1. The van der Waals surface area contributed by atoms with Crippen molar-refractivity contribution in [3.63, 3.8) is 0 Å². The first kappa shape index (κ1) is 16.5. The third-order valence-electron chi connectivity index (χ3n) is 3.79. The Hall–Kier alpha value is -2.37. The van der Waals surface area contributed by atoms with Crippen molar-refractivity contribution in [1.29, 1.82) is 0 Å². The lowest BCUT2D eigenvalue weighted by Crippen LogP contribution is -2.45. The van der Waals surface area contributed by atoms with Gasteiger partial charge >= 0.3 is 0 Å². The Morgan fingerprint density at radius 1 is 1.08 bits per heavy atom. The van der Waals surface area contributed by atoms with Crippen molar-refractivity contribution >= 4 is 5.91 Å². The molecule has 0 unspecified atom stereocenters. The average Bonchev–Trinajstić information content (AvgIpc) is 2.67. The Labute approximate surface area is 141 Å². The fourth-order valence-electron chi connectivity index (χ4n) is 2.51. The van der Waals surface area contributed by atoms with Gasteiger partial charge in [0, 0.05) is 0 Å². The first-order chi connectivity index (χ1) is 11.8. The first-order valence-corrected chi connectivity index (χ1v) is 8.05. The normalized spacial score (nSPS) is 18.6. The molecule has 1 N–H and O–H groups in total. The molecular weight excluding hydrogens is 306 g/mol. The molecule has 0 aliphatic carbocycles. The molecule has 1 heterocycles. The number of nitrogens with one attached hydrogen (secondary N) is 1. The molecular formula is C19H21NO4. The van der Waals surface area contributed by atoms with Crippen LogP contribution in [0.5, 0.6) is 5.75 Å². The monoisotopic (exact) mass is 327 g/mol. The van der Waals surface area contributed by atoms with Gasteiger partial charge in [-0.15, -0.1) is 0 Å². The standard InChI is InChI=1S/C19H21NO4/c21-19(18-14-22-11-12-23-18)20-17(15-7-3-1-4-8-15)13-24-16-9-5-2-6-10-16/h1-10,17-18H,11-14H2,(H,20,21)/t17-,18+/m1/s1. The van der Waals surface area contributed by atoms with E-state index in [0.29, 0.717) is 19.8 Å². The van der Waals surface area contributed by atoms with E-state index in [2.05, 4.69) is 5.32 Å². The number of hydrogen-bond donors (Lipinski definition) is 1. The van der Waals surface area contributed by atoms with E-state index in [1.807, 2.05) is 60.7 Å². The third-order valence-corrected chi connectivity index (χ3v) is 3.79. The Balaban J connectivity index is 1.66. The summed E-state index contributed by atoms with van der Waals surface area (Å²) in [7, 11) is 0. The molecule has 1 amide bonds. The van der Waals surface area contributed by atoms with E-state index in [-0.39, 0.29) is 18.6 Å². The van der Waals surface area contributed by atoms with E-state index >= 15 is 0 Å². The number of carbonyl (C=O) groups excluding carboxylic acids is 1. The zero-order valence-corrected chi connectivity index (χ0v) is 13.4. The SMILES string of the molecule is O=C(N[C@H](COc1ccccc1)c1ccccc1)[C@@H]1COCCO1. The van der Waals surface area contributed by atoms with Crippen LogP contribution in [0.2, 0.25) is 0 Å². The van der Waals surface area contributed by atoms with Crippen LogP contribution in [0.1, 0.15) is 11.6 Å². The van der Waals surface area contributed by atoms with Crippen LogP contribution in [0.3, 0.4) is 0 Å². The molecule has 0 radical (unpaired) electrons. The Kier molecular flexibility index (Phi) is 5.82. The minimum Gasteiger partial charge on any atom is -0.491 e. The van der Waals surface area contributed by atoms with Gasteiger partial charge < -0.3 is 19.5 Å². The van der Waals surface area contributed by atoms with Crippen LogP contribution in [0.25, 0.3) is 0 Å². The minimum atomic E-state index is -0.568. The summed E-state index contributed by atoms with van der Waals surface area (Å²) in [5.74, 6) is 0.588. The Morgan fingerprint density at radius 2 is 1.79 bits per heavy atom. The highest BCUT2D eigenvalue weighted by Crippen LogP contribution is 2.17. The van der Waals surface area contributed by atoms with Crippen LogP contribution in [0, 0.1) is 0 Å². The summed E-state index contributed by atoms with van der Waals surface area (Å²) in [6, 6.07) is 19.1. The van der Waals surface area contributed by atoms with Gasteiger partial charge in [-0.25, -0.2) is 0 Å². The lowest BCUT2D eigenvalue weighted by molar-refractivity contribution is -0.148. The summed E-state index contributed by atoms with van der Waals surface area (Å²) in [5.41, 5.74) is 0.985. The molecule has 5 nitrogen and oxygen atoms in total. The largest absolute Gasteiger partial charge is 0.491 e. The van der Waals surface area contributed by atoms with Crippen molar-refractivity contribution in [1.82, 2.24) is 5.32 Å². The predicted molar refractivity (Wildman–Crippen MR) is 89.8 cm³/mol. The van der Waals surface area contributed by atoms with Crippen molar-refractivity contribution in [2.75, 3.05) is 26.4 Å². The highest BCUT2D eigenvalue weighted by molar-refractivity contribution is 5.81. The van der Waals surface area contributed by atoms with Crippen molar-refractivity contribution in [2.24, 2.45) is 0 Å². The van der Waals surface area contributed by atoms with Crippen LogP contribution >= 0.6 is 0 Å². The smallest absolute Gasteiger partial charge is 0.252 e. The quantitative estimate of drug-likeness (QED) is 0.885. The topological polar surface area (TPSA) is 56.8 Å². The molecule has 0 saturated carbocycles. The van der Waals surface area contributed by atoms with Crippen LogP contribution < -0.4 is 10.1 Å². The molecule has 0 aromatic heterocycles. The molecule has 3 rings (SSSR count). The fourth-order valence-corrected chi connectivity index (χ4v) is 2.51. The maximum Gasteiger partial charge on any atom is 0.252 e. The molecule has 1 fully saturated rings. The van der Waals surface area contributed by atoms with Gasteiger partial charge in [0.05, 0.1) is 25.9 Å². The van der Waals surface area contributed by atoms with Crippen molar-refractivity contribution in [3.8, 4) is 5.75 Å². The molecule has 1 aliphatic heterocycles. The van der Waals surface area contributed by atoms with Gasteiger partial charge in [0.15, 0.2) is 6.10 Å². The molecule has 2 aromatic carbocycles. The number of rotatable bonds is 6. The molecule has 126 valence electrons. The van der Waals surface area contributed by atoms with Crippen LogP contribution in [-0.2, 0) is 14.3 Å². The van der Waals surface area contributed by atoms with Crippen LogP contribution in [0.4, 0.5) is 0 Å². The van der Waals surface area contributed by atoms with Gasteiger partial charge in [-0.2, -0.15) is 0 Å². The molecule has 0 spiro atoms. The maximum atomic E-state index is 12.4. The van der Waals surface area contributed by atoms with E-state index in [4.69, 9.17) is 14.2 Å². The number of benzene rings is 2. The molecule has 1 saturated heterocycles. The lowest BCUT2D eigenvalue weighted by Gasteiger charge is -2.25. The predicted octanol–water partition coefficient (Wildman–Crippen LogP) is 2.34. The van der Waals surface area contributed by atoms with Gasteiger partial charge in [-0.1, -0.05) is 48.5 Å². The lowest BCUT2D eigenvalue weighted by atomic mass is 10.1. The first-order valence-electron chi connectivity index (χ1n) is 8.05. The van der Waals surface area contributed by atoms with Gasteiger partial charge in [0.1, 0.15) is 12.4 Å². The van der Waals surface area contributed by atoms with Gasteiger partial charge in [0.25, 0.3) is 5.91 Å². The van der Waals surface area contributed by atoms with Crippen LogP contribution in [-0.4, -0.2) is 38.4 Å². The number of amides is 1. The van der Waals surface area contributed by atoms with E-state index in [1.54, 1.807) is 0 Å². The van der Waals surface area contributed by atoms with Gasteiger partial charge in [-0.05, 0) is 17.7 Å².